The average molecular weight is 314 g/mol. The van der Waals surface area contributed by atoms with Crippen LogP contribution in [0.5, 0.6) is 0 Å². The molecule has 0 saturated carbocycles. The van der Waals surface area contributed by atoms with Crippen molar-refractivity contribution in [2.24, 2.45) is 0 Å². The fourth-order valence-corrected chi connectivity index (χ4v) is 1.81. The van der Waals surface area contributed by atoms with Gasteiger partial charge in [0, 0.05) is 10.0 Å². The van der Waals surface area contributed by atoms with Gasteiger partial charge in [-0.05, 0) is 22.0 Å². The molecule has 0 aliphatic carbocycles. The van der Waals surface area contributed by atoms with Crippen LogP contribution in [0.3, 0.4) is 0 Å². The topological polar surface area (TPSA) is 25.8 Å². The maximum Gasteiger partial charge on any atom is 0.124 e. The largest absolute Gasteiger partial charge is 0.252 e. The number of benzene rings is 1. The molecule has 0 atom stereocenters. The van der Waals surface area contributed by atoms with Crippen molar-refractivity contribution in [3.05, 3.63) is 45.7 Å². The lowest BCUT2D eigenvalue weighted by atomic mass is 10.2. The van der Waals surface area contributed by atoms with Gasteiger partial charge in [-0.25, -0.2) is 4.98 Å². The Bertz CT molecular complexity index is 440. The van der Waals surface area contributed by atoms with Crippen molar-refractivity contribution in [1.82, 2.24) is 9.97 Å². The first kappa shape index (κ1) is 9.80. The summed E-state index contributed by atoms with van der Waals surface area (Å²) in [6.07, 6.45) is 3.43. The third-order valence-electron chi connectivity index (χ3n) is 1.77. The average Bonchev–Trinajstić information content (AvgIpc) is 2.20. The third kappa shape index (κ3) is 2.01. The molecule has 0 bridgehead atoms. The van der Waals surface area contributed by atoms with Crippen LogP contribution < -0.4 is 0 Å². The Morgan fingerprint density at radius 1 is 0.929 bits per heavy atom. The van der Waals surface area contributed by atoms with Gasteiger partial charge in [-0.1, -0.05) is 34.1 Å². The Balaban J connectivity index is 2.50. The van der Waals surface area contributed by atoms with Gasteiger partial charge in [0.2, 0.25) is 0 Å². The van der Waals surface area contributed by atoms with Crippen LogP contribution >= 0.6 is 31.9 Å². The van der Waals surface area contributed by atoms with Crippen molar-refractivity contribution in [2.75, 3.05) is 0 Å². The molecule has 70 valence electrons. The van der Waals surface area contributed by atoms with E-state index in [1.165, 1.54) is 0 Å². The number of hydrogen-bond acceptors (Lipinski definition) is 2. The van der Waals surface area contributed by atoms with E-state index in [2.05, 4.69) is 41.8 Å². The minimum absolute atomic E-state index is 0.744. The number of nitrogens with zero attached hydrogens (tertiary/aromatic N) is 2. The van der Waals surface area contributed by atoms with Gasteiger partial charge in [0.25, 0.3) is 0 Å². The fraction of sp³-hybridized carbons (Fsp3) is 0. The van der Waals surface area contributed by atoms with Gasteiger partial charge in [0.15, 0.2) is 0 Å². The molecule has 1 heterocycles. The first-order valence-corrected chi connectivity index (χ1v) is 5.58. The van der Waals surface area contributed by atoms with Crippen molar-refractivity contribution in [3.8, 4) is 11.3 Å². The standard InChI is InChI=1S/C10H6Br2N2/c11-8-4-2-1-3-7(8)9-5-14-10(12)6-13-9/h1-6H. The Hall–Kier alpha value is -0.740. The molecule has 0 spiro atoms. The predicted octanol–water partition coefficient (Wildman–Crippen LogP) is 3.67. The van der Waals surface area contributed by atoms with Crippen LogP contribution in [0, 0.1) is 0 Å². The van der Waals surface area contributed by atoms with Crippen LogP contribution in [0.4, 0.5) is 0 Å². The van der Waals surface area contributed by atoms with Crippen LogP contribution in [0.1, 0.15) is 0 Å². The summed E-state index contributed by atoms with van der Waals surface area (Å²) in [5, 5.41) is 0. The van der Waals surface area contributed by atoms with Crippen molar-refractivity contribution in [2.45, 2.75) is 0 Å². The smallest absolute Gasteiger partial charge is 0.124 e. The van der Waals surface area contributed by atoms with E-state index in [4.69, 9.17) is 0 Å². The quantitative estimate of drug-likeness (QED) is 0.803. The number of rotatable bonds is 1. The zero-order valence-electron chi connectivity index (χ0n) is 7.11. The van der Waals surface area contributed by atoms with E-state index < -0.39 is 0 Å². The number of hydrogen-bond donors (Lipinski definition) is 0. The summed E-state index contributed by atoms with van der Waals surface area (Å²) >= 11 is 6.72. The highest BCUT2D eigenvalue weighted by atomic mass is 79.9. The van der Waals surface area contributed by atoms with E-state index in [1.807, 2.05) is 24.3 Å². The third-order valence-corrected chi connectivity index (χ3v) is 2.87. The summed E-state index contributed by atoms with van der Waals surface area (Å²) in [5.41, 5.74) is 1.91. The predicted molar refractivity (Wildman–Crippen MR) is 62.9 cm³/mol. The molecule has 0 amide bonds. The highest BCUT2D eigenvalue weighted by Gasteiger charge is 2.03. The zero-order valence-corrected chi connectivity index (χ0v) is 10.3. The summed E-state index contributed by atoms with van der Waals surface area (Å²) in [4.78, 5) is 8.40. The lowest BCUT2D eigenvalue weighted by Crippen LogP contribution is -1.86. The van der Waals surface area contributed by atoms with Crippen LogP contribution in [0.25, 0.3) is 11.3 Å². The Kier molecular flexibility index (Phi) is 2.93. The molecule has 14 heavy (non-hydrogen) atoms. The minimum atomic E-state index is 0.744. The van der Waals surface area contributed by atoms with Crippen molar-refractivity contribution >= 4 is 31.9 Å². The molecule has 0 saturated heterocycles. The molecule has 1 aromatic carbocycles. The summed E-state index contributed by atoms with van der Waals surface area (Å²) in [7, 11) is 0. The molecule has 4 heteroatoms. The van der Waals surface area contributed by atoms with Crippen LogP contribution in [-0.2, 0) is 0 Å². The van der Waals surface area contributed by atoms with Gasteiger partial charge >= 0.3 is 0 Å². The van der Waals surface area contributed by atoms with Gasteiger partial charge in [0.05, 0.1) is 18.1 Å². The maximum atomic E-state index is 4.27. The first-order chi connectivity index (χ1) is 6.77. The van der Waals surface area contributed by atoms with Crippen molar-refractivity contribution in [3.63, 3.8) is 0 Å². The van der Waals surface area contributed by atoms with Crippen LogP contribution in [0.2, 0.25) is 0 Å². The summed E-state index contributed by atoms with van der Waals surface area (Å²) in [6.45, 7) is 0. The highest BCUT2D eigenvalue weighted by Crippen LogP contribution is 2.25. The molecule has 0 aliphatic heterocycles. The van der Waals surface area contributed by atoms with Gasteiger partial charge in [-0.15, -0.1) is 0 Å². The molecule has 0 unspecified atom stereocenters. The molecule has 1 aromatic heterocycles. The van der Waals surface area contributed by atoms with E-state index >= 15 is 0 Å². The lowest BCUT2D eigenvalue weighted by Gasteiger charge is -2.02. The second kappa shape index (κ2) is 4.19. The van der Waals surface area contributed by atoms with Gasteiger partial charge in [0.1, 0.15) is 4.60 Å². The Morgan fingerprint density at radius 2 is 1.71 bits per heavy atom. The molecular weight excluding hydrogens is 308 g/mol. The summed E-state index contributed by atoms with van der Waals surface area (Å²) in [6, 6.07) is 7.94. The van der Waals surface area contributed by atoms with Crippen LogP contribution in [-0.4, -0.2) is 9.97 Å². The van der Waals surface area contributed by atoms with E-state index in [0.717, 1.165) is 20.3 Å². The molecule has 2 aromatic rings. The SMILES string of the molecule is Brc1cnc(-c2ccccc2Br)cn1. The molecule has 0 fully saturated rings. The Morgan fingerprint density at radius 3 is 2.36 bits per heavy atom. The van der Waals surface area contributed by atoms with E-state index in [0.29, 0.717) is 0 Å². The lowest BCUT2D eigenvalue weighted by molar-refractivity contribution is 1.17. The van der Waals surface area contributed by atoms with Crippen molar-refractivity contribution < 1.29 is 0 Å². The molecule has 0 N–H and O–H groups in total. The second-order valence-electron chi connectivity index (χ2n) is 2.70. The van der Waals surface area contributed by atoms with Crippen molar-refractivity contribution in [1.29, 1.82) is 0 Å². The number of halogens is 2. The monoisotopic (exact) mass is 312 g/mol. The fourth-order valence-electron chi connectivity index (χ4n) is 1.12. The van der Waals surface area contributed by atoms with Gasteiger partial charge < -0.3 is 0 Å². The summed E-state index contributed by atoms with van der Waals surface area (Å²) < 4.78 is 1.77. The first-order valence-electron chi connectivity index (χ1n) is 4.00. The molecule has 0 aliphatic rings. The maximum absolute atomic E-state index is 4.27. The van der Waals surface area contributed by atoms with E-state index in [9.17, 15) is 0 Å². The van der Waals surface area contributed by atoms with Gasteiger partial charge in [-0.3, -0.25) is 4.98 Å². The van der Waals surface area contributed by atoms with E-state index in [-0.39, 0.29) is 0 Å². The molecule has 0 radical (unpaired) electrons. The summed E-state index contributed by atoms with van der Waals surface area (Å²) in [5.74, 6) is 0. The zero-order chi connectivity index (χ0) is 9.97. The molecule has 2 nitrogen and oxygen atoms in total. The molecule has 2 rings (SSSR count). The molecular formula is C10H6Br2N2. The normalized spacial score (nSPS) is 10.1. The van der Waals surface area contributed by atoms with Crippen LogP contribution in [0.15, 0.2) is 45.7 Å². The highest BCUT2D eigenvalue weighted by molar-refractivity contribution is 9.10. The second-order valence-corrected chi connectivity index (χ2v) is 4.37. The Labute approximate surface area is 98.7 Å². The van der Waals surface area contributed by atoms with E-state index in [1.54, 1.807) is 12.4 Å². The van der Waals surface area contributed by atoms with Gasteiger partial charge in [-0.2, -0.15) is 0 Å². The number of aromatic nitrogens is 2. The minimum Gasteiger partial charge on any atom is -0.252 e.